The number of aromatic nitrogens is 1. The molecule has 1 aliphatic carbocycles. The van der Waals surface area contributed by atoms with Crippen molar-refractivity contribution in [2.45, 2.75) is 60.4 Å². The van der Waals surface area contributed by atoms with Crippen molar-refractivity contribution in [3.05, 3.63) is 24.3 Å². The van der Waals surface area contributed by atoms with E-state index in [0.29, 0.717) is 5.25 Å². The van der Waals surface area contributed by atoms with E-state index < -0.39 is 10.0 Å². The van der Waals surface area contributed by atoms with E-state index in [-0.39, 0.29) is 9.71 Å². The molecule has 0 saturated heterocycles. The van der Waals surface area contributed by atoms with Crippen LogP contribution in [0.25, 0.3) is 10.2 Å². The molecule has 0 bridgehead atoms. The molecule has 1 atom stereocenters. The molecule has 23 heavy (non-hydrogen) atoms. The van der Waals surface area contributed by atoms with Crippen molar-refractivity contribution in [1.82, 2.24) is 9.71 Å². The van der Waals surface area contributed by atoms with Crippen molar-refractivity contribution in [1.29, 1.82) is 0 Å². The Bertz CT molecular complexity index is 719. The van der Waals surface area contributed by atoms with E-state index in [4.69, 9.17) is 0 Å². The van der Waals surface area contributed by atoms with Crippen LogP contribution in [0.1, 0.15) is 45.4 Å². The minimum Gasteiger partial charge on any atom is -0.224 e. The lowest BCUT2D eigenvalue weighted by Gasteiger charge is -2.25. The van der Waals surface area contributed by atoms with Gasteiger partial charge in [-0.05, 0) is 31.4 Å². The number of nitrogens with zero attached hydrogens (tertiary/aromatic N) is 1. The third-order valence-corrected chi connectivity index (χ3v) is 8.74. The summed E-state index contributed by atoms with van der Waals surface area (Å²) in [4.78, 5) is 4.28. The molecule has 1 aliphatic rings. The smallest absolute Gasteiger partial charge is 0.224 e. The quantitative estimate of drug-likeness (QED) is 0.767. The van der Waals surface area contributed by atoms with E-state index in [1.807, 2.05) is 31.2 Å². The van der Waals surface area contributed by atoms with Crippen molar-refractivity contribution < 1.29 is 8.42 Å². The fourth-order valence-corrected chi connectivity index (χ4v) is 7.08. The summed E-state index contributed by atoms with van der Waals surface area (Å²) in [5, 5.41) is 0.502. The molecule has 1 aromatic heterocycles. The van der Waals surface area contributed by atoms with Crippen LogP contribution in [0, 0.1) is 0 Å². The van der Waals surface area contributed by atoms with Crippen LogP contribution < -0.4 is 4.72 Å². The van der Waals surface area contributed by atoms with Crippen molar-refractivity contribution in [2.24, 2.45) is 0 Å². The summed E-state index contributed by atoms with van der Waals surface area (Å²) in [7, 11) is -3.55. The number of thioether (sulfide) groups is 1. The molecule has 1 N–H and O–H groups in total. The number of hydrogen-bond donors (Lipinski definition) is 1. The highest BCUT2D eigenvalue weighted by Gasteiger charge is 2.26. The van der Waals surface area contributed by atoms with E-state index in [1.165, 1.54) is 43.4 Å². The second kappa shape index (κ2) is 7.51. The lowest BCUT2D eigenvalue weighted by Crippen LogP contribution is -2.33. The van der Waals surface area contributed by atoms with Gasteiger partial charge in [-0.1, -0.05) is 38.3 Å². The average Bonchev–Trinajstić information content (AvgIpc) is 3.00. The van der Waals surface area contributed by atoms with Crippen LogP contribution in [0.2, 0.25) is 0 Å². The maximum atomic E-state index is 12.6. The zero-order valence-electron chi connectivity index (χ0n) is 13.2. The molecular weight excluding hydrogens is 348 g/mol. The molecule has 0 spiro atoms. The lowest BCUT2D eigenvalue weighted by atomic mass is 10.0. The molecule has 1 saturated carbocycles. The molecule has 1 aromatic carbocycles. The first kappa shape index (κ1) is 17.2. The standard InChI is InChI=1S/C16H22N2O2S3/c1-2-15(21-12-8-4-3-5-9-12)18-23(19,20)16-17-13-10-6-7-11-14(13)22-16/h6-7,10-12,15,18H,2-5,8-9H2,1H3. The van der Waals surface area contributed by atoms with Crippen LogP contribution >= 0.6 is 23.1 Å². The zero-order chi connectivity index (χ0) is 16.3. The monoisotopic (exact) mass is 370 g/mol. The van der Waals surface area contributed by atoms with Gasteiger partial charge in [-0.15, -0.1) is 23.1 Å². The van der Waals surface area contributed by atoms with Gasteiger partial charge in [0.25, 0.3) is 10.0 Å². The molecule has 3 rings (SSSR count). The number of rotatable bonds is 6. The first-order valence-electron chi connectivity index (χ1n) is 8.12. The lowest BCUT2D eigenvalue weighted by molar-refractivity contribution is 0.513. The van der Waals surface area contributed by atoms with Gasteiger partial charge in [-0.3, -0.25) is 0 Å². The molecule has 1 heterocycles. The minimum absolute atomic E-state index is 0.0740. The highest BCUT2D eigenvalue weighted by Crippen LogP contribution is 2.32. The van der Waals surface area contributed by atoms with Gasteiger partial charge in [0.2, 0.25) is 4.34 Å². The van der Waals surface area contributed by atoms with E-state index in [2.05, 4.69) is 9.71 Å². The Morgan fingerprint density at radius 1 is 1.30 bits per heavy atom. The molecule has 7 heteroatoms. The van der Waals surface area contributed by atoms with E-state index in [0.717, 1.165) is 16.6 Å². The summed E-state index contributed by atoms with van der Waals surface area (Å²) < 4.78 is 29.2. The summed E-state index contributed by atoms with van der Waals surface area (Å²) in [5.41, 5.74) is 0.742. The van der Waals surface area contributed by atoms with Gasteiger partial charge >= 0.3 is 0 Å². The topological polar surface area (TPSA) is 59.1 Å². The van der Waals surface area contributed by atoms with Crippen LogP contribution in [0.15, 0.2) is 28.6 Å². The van der Waals surface area contributed by atoms with Crippen LogP contribution in [-0.2, 0) is 10.0 Å². The van der Waals surface area contributed by atoms with Crippen molar-refractivity contribution >= 4 is 43.3 Å². The predicted molar refractivity (Wildman–Crippen MR) is 98.5 cm³/mol. The number of para-hydroxylation sites is 1. The van der Waals surface area contributed by atoms with Gasteiger partial charge in [0.05, 0.1) is 15.6 Å². The van der Waals surface area contributed by atoms with E-state index in [9.17, 15) is 8.42 Å². The Hall–Kier alpha value is -0.630. The molecular formula is C16H22N2O2S3. The second-order valence-corrected chi connectivity index (χ2v) is 10.3. The molecule has 126 valence electrons. The van der Waals surface area contributed by atoms with Gasteiger partial charge in [0.1, 0.15) is 0 Å². The van der Waals surface area contributed by atoms with Crippen LogP contribution in [0.3, 0.4) is 0 Å². The molecule has 0 aliphatic heterocycles. The molecule has 4 nitrogen and oxygen atoms in total. The van der Waals surface area contributed by atoms with Gasteiger partial charge in [0.15, 0.2) is 0 Å². The number of benzene rings is 1. The van der Waals surface area contributed by atoms with E-state index in [1.54, 1.807) is 11.8 Å². The Kier molecular flexibility index (Phi) is 5.61. The third kappa shape index (κ3) is 4.26. The van der Waals surface area contributed by atoms with Crippen molar-refractivity contribution in [3.63, 3.8) is 0 Å². The SMILES string of the molecule is CCC(NS(=O)(=O)c1nc2ccccc2s1)SC1CCCCC1. The zero-order valence-corrected chi connectivity index (χ0v) is 15.6. The number of thiazole rings is 1. The first-order valence-corrected chi connectivity index (χ1v) is 11.4. The minimum atomic E-state index is -3.55. The number of fused-ring (bicyclic) bond motifs is 1. The summed E-state index contributed by atoms with van der Waals surface area (Å²) in [6.07, 6.45) is 7.02. The Balaban J connectivity index is 1.72. The maximum absolute atomic E-state index is 12.6. The Morgan fingerprint density at radius 3 is 2.74 bits per heavy atom. The van der Waals surface area contributed by atoms with Crippen molar-refractivity contribution in [3.8, 4) is 0 Å². The van der Waals surface area contributed by atoms with Gasteiger partial charge < -0.3 is 0 Å². The maximum Gasteiger partial charge on any atom is 0.268 e. The highest BCUT2D eigenvalue weighted by molar-refractivity contribution is 8.01. The molecule has 1 unspecified atom stereocenters. The second-order valence-electron chi connectivity index (χ2n) is 5.86. The third-order valence-electron chi connectivity index (χ3n) is 4.07. The number of sulfonamides is 1. The average molecular weight is 371 g/mol. The molecule has 1 fully saturated rings. The van der Waals surface area contributed by atoms with Gasteiger partial charge in [-0.2, -0.15) is 4.72 Å². The van der Waals surface area contributed by atoms with Crippen LogP contribution in [0.5, 0.6) is 0 Å². The van der Waals surface area contributed by atoms with Crippen LogP contribution in [-0.4, -0.2) is 24.0 Å². The van der Waals surface area contributed by atoms with E-state index >= 15 is 0 Å². The van der Waals surface area contributed by atoms with Crippen LogP contribution in [0.4, 0.5) is 0 Å². The van der Waals surface area contributed by atoms with Gasteiger partial charge in [0, 0.05) is 5.25 Å². The highest BCUT2D eigenvalue weighted by atomic mass is 32.2. The number of hydrogen-bond acceptors (Lipinski definition) is 5. The summed E-state index contributed by atoms with van der Waals surface area (Å²) >= 11 is 3.01. The molecule has 0 amide bonds. The Labute approximate surface area is 146 Å². The summed E-state index contributed by atoms with van der Waals surface area (Å²) in [6.45, 7) is 2.03. The fourth-order valence-electron chi connectivity index (χ4n) is 2.83. The predicted octanol–water partition coefficient (Wildman–Crippen LogP) is 4.38. The molecule has 0 radical (unpaired) electrons. The Morgan fingerprint density at radius 2 is 2.04 bits per heavy atom. The fraction of sp³-hybridized carbons (Fsp3) is 0.562. The largest absolute Gasteiger partial charge is 0.268 e. The number of nitrogens with one attached hydrogen (secondary N) is 1. The first-order chi connectivity index (χ1) is 11.1. The summed E-state index contributed by atoms with van der Waals surface area (Å²) in [6, 6.07) is 7.52. The van der Waals surface area contributed by atoms with Crippen molar-refractivity contribution in [2.75, 3.05) is 0 Å². The van der Waals surface area contributed by atoms with Gasteiger partial charge in [-0.25, -0.2) is 13.4 Å². The summed E-state index contributed by atoms with van der Waals surface area (Å²) in [5.74, 6) is 0. The normalized spacial score (nSPS) is 18.3. The molecule has 2 aromatic rings.